The quantitative estimate of drug-likeness (QED) is 0.851. The van der Waals surface area contributed by atoms with E-state index in [-0.39, 0.29) is 6.10 Å². The average molecular weight is 290 g/mol. The highest BCUT2D eigenvalue weighted by molar-refractivity contribution is 9.11. The highest BCUT2D eigenvalue weighted by atomic mass is 79.9. The Balaban J connectivity index is 1.80. The molecule has 3 atom stereocenters. The van der Waals surface area contributed by atoms with Gasteiger partial charge in [0.1, 0.15) is 0 Å². The van der Waals surface area contributed by atoms with E-state index in [1.807, 2.05) is 0 Å². The second-order valence-corrected chi connectivity index (χ2v) is 6.56. The predicted molar refractivity (Wildman–Crippen MR) is 62.0 cm³/mol. The number of aliphatic hydroxyl groups excluding tert-OH is 1. The summed E-state index contributed by atoms with van der Waals surface area (Å²) >= 11 is 4.89. The van der Waals surface area contributed by atoms with Gasteiger partial charge in [0.25, 0.3) is 0 Å². The van der Waals surface area contributed by atoms with Crippen LogP contribution < -0.4 is 4.90 Å². The van der Waals surface area contributed by atoms with Crippen LogP contribution in [0.3, 0.4) is 0 Å². The first-order chi connectivity index (χ1) is 7.24. The standard InChI is InChI=1S/C9H12BrN3OS/c10-8-11-12-9(15-8)13-3-5-1-2-6(4-13)7(5)14/h5-7,14H,1-4H2/t5-,6+,7+. The van der Waals surface area contributed by atoms with Gasteiger partial charge in [-0.2, -0.15) is 0 Å². The molecular formula is C9H12BrN3OS. The van der Waals surface area contributed by atoms with Crippen LogP contribution in [0, 0.1) is 11.8 Å². The van der Waals surface area contributed by atoms with Gasteiger partial charge in [-0.15, -0.1) is 10.2 Å². The van der Waals surface area contributed by atoms with E-state index in [2.05, 4.69) is 31.0 Å². The summed E-state index contributed by atoms with van der Waals surface area (Å²) in [6, 6.07) is 0. The SMILES string of the molecule is O[C@H]1[C@@H]2CC[C@H]1CN(c1nnc(Br)s1)C2. The number of rotatable bonds is 1. The van der Waals surface area contributed by atoms with Crippen molar-refractivity contribution in [2.75, 3.05) is 18.0 Å². The molecule has 2 bridgehead atoms. The Labute approximate surface area is 100 Å². The maximum atomic E-state index is 9.91. The first-order valence-corrected chi connectivity index (χ1v) is 6.77. The van der Waals surface area contributed by atoms with Crippen LogP contribution >= 0.6 is 27.3 Å². The van der Waals surface area contributed by atoms with Crippen molar-refractivity contribution >= 4 is 32.4 Å². The van der Waals surface area contributed by atoms with Crippen molar-refractivity contribution in [2.45, 2.75) is 18.9 Å². The monoisotopic (exact) mass is 289 g/mol. The lowest BCUT2D eigenvalue weighted by molar-refractivity contribution is 0.0792. The van der Waals surface area contributed by atoms with E-state index in [1.165, 1.54) is 0 Å². The van der Waals surface area contributed by atoms with Crippen molar-refractivity contribution in [2.24, 2.45) is 11.8 Å². The Hall–Kier alpha value is -0.200. The van der Waals surface area contributed by atoms with E-state index in [0.29, 0.717) is 11.8 Å². The van der Waals surface area contributed by atoms with E-state index >= 15 is 0 Å². The molecule has 4 nitrogen and oxygen atoms in total. The number of hydrogen-bond donors (Lipinski definition) is 1. The summed E-state index contributed by atoms with van der Waals surface area (Å²) in [5.74, 6) is 0.873. The minimum atomic E-state index is -0.0855. The highest BCUT2D eigenvalue weighted by Gasteiger charge is 2.41. The molecule has 0 amide bonds. The van der Waals surface area contributed by atoms with E-state index in [9.17, 15) is 5.11 Å². The zero-order valence-electron chi connectivity index (χ0n) is 8.14. The molecule has 0 unspecified atom stereocenters. The fourth-order valence-corrected chi connectivity index (χ4v) is 3.78. The third kappa shape index (κ3) is 1.68. The molecule has 0 aromatic carbocycles. The molecule has 2 aliphatic rings. The molecule has 1 saturated carbocycles. The first-order valence-electron chi connectivity index (χ1n) is 5.16. The van der Waals surface area contributed by atoms with Crippen LogP contribution in [0.1, 0.15) is 12.8 Å². The highest BCUT2D eigenvalue weighted by Crippen LogP contribution is 2.39. The first kappa shape index (κ1) is 9.99. The lowest BCUT2D eigenvalue weighted by Crippen LogP contribution is -2.44. The van der Waals surface area contributed by atoms with Crippen molar-refractivity contribution in [3.8, 4) is 0 Å². The van der Waals surface area contributed by atoms with E-state index in [4.69, 9.17) is 0 Å². The Morgan fingerprint density at radius 1 is 1.27 bits per heavy atom. The van der Waals surface area contributed by atoms with Crippen LogP contribution in [0.5, 0.6) is 0 Å². The molecule has 1 saturated heterocycles. The third-order valence-corrected chi connectivity index (χ3v) is 4.86. The Morgan fingerprint density at radius 3 is 2.47 bits per heavy atom. The molecule has 1 aliphatic carbocycles. The van der Waals surface area contributed by atoms with Crippen molar-refractivity contribution in [1.29, 1.82) is 0 Å². The minimum Gasteiger partial charge on any atom is -0.392 e. The maximum absolute atomic E-state index is 9.91. The molecular weight excluding hydrogens is 278 g/mol. The lowest BCUT2D eigenvalue weighted by Gasteiger charge is -2.34. The topological polar surface area (TPSA) is 49.2 Å². The number of piperidine rings is 1. The molecule has 1 aliphatic heterocycles. The molecule has 15 heavy (non-hydrogen) atoms. The van der Waals surface area contributed by atoms with Crippen LogP contribution in [-0.4, -0.2) is 34.5 Å². The van der Waals surface area contributed by atoms with Gasteiger partial charge in [-0.25, -0.2) is 0 Å². The molecule has 2 fully saturated rings. The number of halogens is 1. The number of anilines is 1. The summed E-state index contributed by atoms with van der Waals surface area (Å²) in [7, 11) is 0. The third-order valence-electron chi connectivity index (χ3n) is 3.44. The molecule has 6 heteroatoms. The van der Waals surface area contributed by atoms with Gasteiger partial charge in [0.05, 0.1) is 6.10 Å². The molecule has 2 heterocycles. The molecule has 0 radical (unpaired) electrons. The largest absolute Gasteiger partial charge is 0.392 e. The van der Waals surface area contributed by atoms with Crippen LogP contribution in [0.25, 0.3) is 0 Å². The van der Waals surface area contributed by atoms with Crippen LogP contribution in [0.2, 0.25) is 0 Å². The second kappa shape index (κ2) is 3.68. The van der Waals surface area contributed by atoms with Crippen LogP contribution in [-0.2, 0) is 0 Å². The van der Waals surface area contributed by atoms with Gasteiger partial charge in [-0.05, 0) is 28.8 Å². The number of aliphatic hydroxyl groups is 1. The summed E-state index contributed by atoms with van der Waals surface area (Å²) in [5, 5.41) is 19.0. The Bertz CT molecular complexity index is 358. The van der Waals surface area contributed by atoms with Crippen molar-refractivity contribution in [3.05, 3.63) is 3.92 Å². The van der Waals surface area contributed by atoms with Crippen LogP contribution in [0.4, 0.5) is 5.13 Å². The summed E-state index contributed by atoms with van der Waals surface area (Å²) in [5.41, 5.74) is 0. The summed E-state index contributed by atoms with van der Waals surface area (Å²) in [6.45, 7) is 1.86. The normalized spacial score (nSPS) is 34.8. The maximum Gasteiger partial charge on any atom is 0.209 e. The molecule has 1 aromatic rings. The number of nitrogens with zero attached hydrogens (tertiary/aromatic N) is 3. The fraction of sp³-hybridized carbons (Fsp3) is 0.778. The molecule has 82 valence electrons. The van der Waals surface area contributed by atoms with Crippen molar-refractivity contribution in [3.63, 3.8) is 0 Å². The smallest absolute Gasteiger partial charge is 0.209 e. The lowest BCUT2D eigenvalue weighted by atomic mass is 9.96. The fourth-order valence-electron chi connectivity index (χ4n) is 2.68. The molecule has 3 rings (SSSR count). The number of aromatic nitrogens is 2. The van der Waals surface area contributed by atoms with Gasteiger partial charge in [0.2, 0.25) is 5.13 Å². The zero-order valence-corrected chi connectivity index (χ0v) is 10.5. The van der Waals surface area contributed by atoms with E-state index in [0.717, 1.165) is 35.0 Å². The van der Waals surface area contributed by atoms with E-state index < -0.39 is 0 Å². The van der Waals surface area contributed by atoms with Gasteiger partial charge < -0.3 is 10.0 Å². The van der Waals surface area contributed by atoms with Crippen LogP contribution in [0.15, 0.2) is 3.92 Å². The summed E-state index contributed by atoms with van der Waals surface area (Å²) < 4.78 is 0.830. The molecule has 0 spiro atoms. The average Bonchev–Trinajstić information content (AvgIpc) is 2.70. The second-order valence-electron chi connectivity index (χ2n) is 4.33. The minimum absolute atomic E-state index is 0.0855. The summed E-state index contributed by atoms with van der Waals surface area (Å²) in [4.78, 5) is 2.26. The van der Waals surface area contributed by atoms with E-state index in [1.54, 1.807) is 11.3 Å². The molecule has 1 aromatic heterocycles. The van der Waals surface area contributed by atoms with Gasteiger partial charge in [-0.3, -0.25) is 0 Å². The summed E-state index contributed by atoms with van der Waals surface area (Å²) in [6.07, 6.45) is 2.22. The van der Waals surface area contributed by atoms with Crippen molar-refractivity contribution in [1.82, 2.24) is 10.2 Å². The predicted octanol–water partition coefficient (Wildman–Crippen LogP) is 1.51. The zero-order chi connectivity index (χ0) is 10.4. The van der Waals surface area contributed by atoms with Crippen molar-refractivity contribution < 1.29 is 5.11 Å². The van der Waals surface area contributed by atoms with Gasteiger partial charge >= 0.3 is 0 Å². The van der Waals surface area contributed by atoms with Gasteiger partial charge in [0, 0.05) is 24.9 Å². The molecule has 1 N–H and O–H groups in total. The van der Waals surface area contributed by atoms with Gasteiger partial charge in [0.15, 0.2) is 3.92 Å². The number of hydrogen-bond acceptors (Lipinski definition) is 5. The Morgan fingerprint density at radius 2 is 1.93 bits per heavy atom. The Kier molecular flexibility index (Phi) is 2.45. The number of fused-ring (bicyclic) bond motifs is 2. The van der Waals surface area contributed by atoms with Gasteiger partial charge in [-0.1, -0.05) is 11.3 Å².